The van der Waals surface area contributed by atoms with Crippen LogP contribution in [0.3, 0.4) is 0 Å². The third-order valence-corrected chi connectivity index (χ3v) is 6.83. The lowest BCUT2D eigenvalue weighted by Gasteiger charge is -2.16. The Hall–Kier alpha value is -0.310. The van der Waals surface area contributed by atoms with E-state index in [0.29, 0.717) is 21.3 Å². The van der Waals surface area contributed by atoms with Crippen molar-refractivity contribution in [1.82, 2.24) is 3.12 Å². The zero-order valence-corrected chi connectivity index (χ0v) is 10.8. The third kappa shape index (κ3) is 3.09. The van der Waals surface area contributed by atoms with Gasteiger partial charge in [0.15, 0.2) is 0 Å². The summed E-state index contributed by atoms with van der Waals surface area (Å²) in [6.45, 7) is 0. The molecule has 0 unspecified atom stereocenters. The normalized spacial score (nSPS) is 14.2. The fraction of sp³-hybridized carbons (Fsp3) is 1.00. The van der Waals surface area contributed by atoms with E-state index in [-0.39, 0.29) is 0 Å². The van der Waals surface area contributed by atoms with Gasteiger partial charge in [0.2, 0.25) is 0 Å². The standard InChI is InChI=1S/C3H9NO9S3/c1-11-14(5,6)4(15(7,8)12-2)16(9,10)13-3/h1-3H3. The van der Waals surface area contributed by atoms with Gasteiger partial charge in [-0.15, -0.1) is 0 Å². The van der Waals surface area contributed by atoms with Crippen molar-refractivity contribution in [2.24, 2.45) is 0 Å². The van der Waals surface area contributed by atoms with E-state index in [4.69, 9.17) is 0 Å². The van der Waals surface area contributed by atoms with Crippen molar-refractivity contribution >= 4 is 30.9 Å². The van der Waals surface area contributed by atoms with E-state index in [0.717, 1.165) is 0 Å². The Balaban J connectivity index is 6.03. The highest BCUT2D eigenvalue weighted by molar-refractivity contribution is 8.13. The first-order valence-corrected chi connectivity index (χ1v) is 7.37. The summed E-state index contributed by atoms with van der Waals surface area (Å²) in [5.41, 5.74) is 0. The van der Waals surface area contributed by atoms with Crippen LogP contribution in [0, 0.1) is 0 Å². The molecule has 0 saturated carbocycles. The molecule has 0 aliphatic rings. The Kier molecular flexibility index (Phi) is 4.81. The molecule has 0 aromatic heterocycles. The summed E-state index contributed by atoms with van der Waals surface area (Å²) in [5, 5.41) is 0. The first-order valence-electron chi connectivity index (χ1n) is 3.27. The predicted molar refractivity (Wildman–Crippen MR) is 49.6 cm³/mol. The van der Waals surface area contributed by atoms with Crippen LogP contribution in [0.5, 0.6) is 0 Å². The molecular formula is C3H9NO9S3. The minimum absolute atomic E-state index is 0.568. The molecule has 0 rings (SSSR count). The van der Waals surface area contributed by atoms with Crippen molar-refractivity contribution in [1.29, 1.82) is 0 Å². The second-order valence-electron chi connectivity index (χ2n) is 2.01. The van der Waals surface area contributed by atoms with Crippen LogP contribution in [0.2, 0.25) is 0 Å². The minimum atomic E-state index is -5.09. The lowest BCUT2D eigenvalue weighted by atomic mass is 11.8. The van der Waals surface area contributed by atoms with Crippen LogP contribution in [0.1, 0.15) is 0 Å². The Morgan fingerprint density at radius 1 is 0.625 bits per heavy atom. The highest BCUT2D eigenvalue weighted by Crippen LogP contribution is 2.17. The highest BCUT2D eigenvalue weighted by Gasteiger charge is 2.46. The largest absolute Gasteiger partial charge is 0.369 e. The van der Waals surface area contributed by atoms with Gasteiger partial charge in [-0.2, -0.15) is 25.3 Å². The first-order chi connectivity index (χ1) is 7.05. The van der Waals surface area contributed by atoms with E-state index in [2.05, 4.69) is 12.5 Å². The summed E-state index contributed by atoms with van der Waals surface area (Å²) in [6.07, 6.45) is 0. The van der Waals surface area contributed by atoms with Crippen LogP contribution >= 0.6 is 0 Å². The molecule has 0 aromatic carbocycles. The maximum Gasteiger partial charge on any atom is 0.369 e. The molecule has 98 valence electrons. The first kappa shape index (κ1) is 15.7. The zero-order valence-electron chi connectivity index (χ0n) is 8.35. The fourth-order valence-corrected chi connectivity index (χ4v) is 4.66. The summed E-state index contributed by atoms with van der Waals surface area (Å²) in [6, 6.07) is 0. The molecule has 0 heterocycles. The van der Waals surface area contributed by atoms with Crippen LogP contribution in [0.4, 0.5) is 0 Å². The van der Waals surface area contributed by atoms with Gasteiger partial charge in [-0.1, -0.05) is 0 Å². The number of rotatable bonds is 6. The quantitative estimate of drug-likeness (QED) is 0.543. The molecule has 0 atom stereocenters. The molecule has 0 aliphatic carbocycles. The van der Waals surface area contributed by atoms with Crippen LogP contribution < -0.4 is 0 Å². The minimum Gasteiger partial charge on any atom is -0.260 e. The molecule has 0 aromatic rings. The highest BCUT2D eigenvalue weighted by atomic mass is 32.4. The third-order valence-electron chi connectivity index (χ3n) is 1.18. The Morgan fingerprint density at radius 3 is 0.938 bits per heavy atom. The Bertz CT molecular complexity index is 446. The summed E-state index contributed by atoms with van der Waals surface area (Å²) in [7, 11) is -13.6. The molecule has 0 aliphatic heterocycles. The molecule has 0 bridgehead atoms. The van der Waals surface area contributed by atoms with Crippen LogP contribution in [0.15, 0.2) is 0 Å². The molecule has 16 heavy (non-hydrogen) atoms. The molecular weight excluding hydrogens is 290 g/mol. The Morgan fingerprint density at radius 2 is 0.812 bits per heavy atom. The lowest BCUT2D eigenvalue weighted by Crippen LogP contribution is -2.43. The smallest absolute Gasteiger partial charge is 0.260 e. The van der Waals surface area contributed by atoms with Gasteiger partial charge < -0.3 is 0 Å². The lowest BCUT2D eigenvalue weighted by molar-refractivity contribution is 0.327. The van der Waals surface area contributed by atoms with Crippen LogP contribution in [-0.2, 0) is 43.5 Å². The average Bonchev–Trinajstić information content (AvgIpc) is 2.16. The van der Waals surface area contributed by atoms with Crippen molar-refractivity contribution < 1.29 is 37.8 Å². The van der Waals surface area contributed by atoms with Gasteiger partial charge in [0.1, 0.15) is 0 Å². The van der Waals surface area contributed by atoms with E-state index in [1.165, 1.54) is 0 Å². The maximum absolute atomic E-state index is 11.1. The predicted octanol–water partition coefficient (Wildman–Crippen LogP) is -2.04. The van der Waals surface area contributed by atoms with E-state index in [1.807, 2.05) is 0 Å². The number of hydrogen-bond acceptors (Lipinski definition) is 9. The van der Waals surface area contributed by atoms with Gasteiger partial charge in [0.05, 0.1) is 24.4 Å². The number of hydrogen-bond donors (Lipinski definition) is 0. The second kappa shape index (κ2) is 4.91. The fourth-order valence-electron chi connectivity index (χ4n) is 0.518. The van der Waals surface area contributed by atoms with E-state index in [9.17, 15) is 25.3 Å². The summed E-state index contributed by atoms with van der Waals surface area (Å²) >= 11 is 0. The summed E-state index contributed by atoms with van der Waals surface area (Å²) in [4.78, 5) is 0. The van der Waals surface area contributed by atoms with Gasteiger partial charge in [-0.25, -0.2) is 0 Å². The molecule has 13 heteroatoms. The molecule has 0 amide bonds. The van der Waals surface area contributed by atoms with Crippen molar-refractivity contribution in [2.75, 3.05) is 21.3 Å². The van der Waals surface area contributed by atoms with Gasteiger partial charge in [-0.3, -0.25) is 12.5 Å². The molecule has 0 fully saturated rings. The summed E-state index contributed by atoms with van der Waals surface area (Å²) < 4.78 is 76.8. The van der Waals surface area contributed by atoms with Gasteiger partial charge in [0.25, 0.3) is 0 Å². The van der Waals surface area contributed by atoms with E-state index < -0.39 is 34.0 Å². The van der Waals surface area contributed by atoms with Gasteiger partial charge in [-0.05, 0) is 0 Å². The van der Waals surface area contributed by atoms with Crippen molar-refractivity contribution in [3.05, 3.63) is 0 Å². The van der Waals surface area contributed by atoms with Crippen molar-refractivity contribution in [3.63, 3.8) is 0 Å². The SMILES string of the molecule is COS(=O)(=O)N(S(=O)(=O)OC)S(=O)(=O)OC. The maximum atomic E-state index is 11.1. The van der Waals surface area contributed by atoms with Crippen molar-refractivity contribution in [3.8, 4) is 0 Å². The topological polar surface area (TPSA) is 133 Å². The zero-order chi connectivity index (χ0) is 13.2. The van der Waals surface area contributed by atoms with Gasteiger partial charge in [0, 0.05) is 0 Å². The van der Waals surface area contributed by atoms with Gasteiger partial charge >= 0.3 is 30.9 Å². The molecule has 10 nitrogen and oxygen atoms in total. The molecule has 0 N–H and O–H groups in total. The summed E-state index contributed by atoms with van der Waals surface area (Å²) in [5.74, 6) is 0. The van der Waals surface area contributed by atoms with Crippen LogP contribution in [-0.4, -0.2) is 49.7 Å². The van der Waals surface area contributed by atoms with Crippen LogP contribution in [0.25, 0.3) is 0 Å². The molecule has 0 spiro atoms. The van der Waals surface area contributed by atoms with E-state index in [1.54, 1.807) is 0 Å². The number of nitrogens with zero attached hydrogens (tertiary/aromatic N) is 1. The molecule has 0 radical (unpaired) electrons. The monoisotopic (exact) mass is 299 g/mol. The van der Waals surface area contributed by atoms with E-state index >= 15 is 0 Å². The molecule has 0 saturated heterocycles. The Labute approximate surface area is 93.5 Å². The second-order valence-corrected chi connectivity index (χ2v) is 7.36. The van der Waals surface area contributed by atoms with Crippen molar-refractivity contribution in [2.45, 2.75) is 0 Å². The average molecular weight is 299 g/mol.